The van der Waals surface area contributed by atoms with Crippen molar-refractivity contribution in [1.29, 1.82) is 0 Å². The van der Waals surface area contributed by atoms with Gasteiger partial charge in [0.05, 0.1) is 17.3 Å². The summed E-state index contributed by atoms with van der Waals surface area (Å²) >= 11 is 0. The molecule has 3 fully saturated rings. The molecule has 2 atom stereocenters. The van der Waals surface area contributed by atoms with E-state index in [0.717, 1.165) is 32.3 Å². The van der Waals surface area contributed by atoms with Crippen molar-refractivity contribution in [2.75, 3.05) is 13.2 Å². The van der Waals surface area contributed by atoms with Crippen LogP contribution in [0.15, 0.2) is 0 Å². The van der Waals surface area contributed by atoms with Gasteiger partial charge in [0.25, 0.3) is 0 Å². The maximum Gasteiger partial charge on any atom is 0.0942 e. The minimum absolute atomic E-state index is 0.0932. The molecule has 0 aromatic carbocycles. The molecule has 20 heavy (non-hydrogen) atoms. The van der Waals surface area contributed by atoms with E-state index in [0.29, 0.717) is 12.5 Å². The Hall–Kier alpha value is -0.120. The fourth-order valence-corrected chi connectivity index (χ4v) is 4.92. The molecule has 1 saturated heterocycles. The predicted octanol–water partition coefficient (Wildman–Crippen LogP) is 3.44. The number of aliphatic hydroxyl groups is 1. The highest BCUT2D eigenvalue weighted by atomic mass is 16.5. The molecule has 2 saturated carbocycles. The molecule has 0 bridgehead atoms. The molecule has 1 aliphatic heterocycles. The molecule has 3 heteroatoms. The van der Waals surface area contributed by atoms with Crippen LogP contribution in [0.25, 0.3) is 0 Å². The van der Waals surface area contributed by atoms with Crippen LogP contribution in [0.2, 0.25) is 0 Å². The van der Waals surface area contributed by atoms with Crippen LogP contribution in [-0.4, -0.2) is 35.6 Å². The summed E-state index contributed by atoms with van der Waals surface area (Å²) in [5.74, 6) is 0.367. The fourth-order valence-electron chi connectivity index (χ4n) is 4.92. The Morgan fingerprint density at radius 3 is 2.45 bits per heavy atom. The van der Waals surface area contributed by atoms with Gasteiger partial charge in [-0.05, 0) is 51.4 Å². The van der Waals surface area contributed by atoms with Gasteiger partial charge < -0.3 is 14.6 Å². The van der Waals surface area contributed by atoms with Gasteiger partial charge in [-0.3, -0.25) is 0 Å². The van der Waals surface area contributed by atoms with Crippen LogP contribution in [-0.2, 0) is 9.47 Å². The van der Waals surface area contributed by atoms with E-state index >= 15 is 0 Å². The number of hydrogen-bond donors (Lipinski definition) is 1. The van der Waals surface area contributed by atoms with Crippen molar-refractivity contribution >= 4 is 0 Å². The van der Waals surface area contributed by atoms with E-state index in [1.54, 1.807) is 0 Å². The van der Waals surface area contributed by atoms with Crippen molar-refractivity contribution in [2.24, 2.45) is 5.92 Å². The molecule has 1 spiro atoms. The molecule has 0 aromatic heterocycles. The minimum Gasteiger partial charge on any atom is -0.390 e. The lowest BCUT2D eigenvalue weighted by atomic mass is 9.75. The standard InChI is InChI=1S/C17H30O3/c1-2-19-17(10-5-6-11-17)15(18)14-7-12-20-16(13-14)8-3-4-9-16/h14-15,18H,2-13H2,1H3. The van der Waals surface area contributed by atoms with Crippen LogP contribution in [0.5, 0.6) is 0 Å². The van der Waals surface area contributed by atoms with Gasteiger partial charge in [-0.25, -0.2) is 0 Å². The minimum atomic E-state index is -0.300. The molecule has 2 unspecified atom stereocenters. The maximum absolute atomic E-state index is 11.0. The second-order valence-corrected chi connectivity index (χ2v) is 7.14. The molecule has 3 aliphatic rings. The van der Waals surface area contributed by atoms with Gasteiger partial charge >= 0.3 is 0 Å². The Morgan fingerprint density at radius 2 is 1.80 bits per heavy atom. The van der Waals surface area contributed by atoms with E-state index in [-0.39, 0.29) is 17.3 Å². The Kier molecular flexibility index (Phi) is 4.40. The van der Waals surface area contributed by atoms with Crippen LogP contribution in [0.4, 0.5) is 0 Å². The van der Waals surface area contributed by atoms with Crippen molar-refractivity contribution < 1.29 is 14.6 Å². The summed E-state index contributed by atoms with van der Waals surface area (Å²) in [5.41, 5.74) is -0.160. The van der Waals surface area contributed by atoms with E-state index in [9.17, 15) is 5.11 Å². The summed E-state index contributed by atoms with van der Waals surface area (Å²) in [6, 6.07) is 0. The molecule has 1 heterocycles. The molecule has 2 aliphatic carbocycles. The average molecular weight is 282 g/mol. The zero-order valence-corrected chi connectivity index (χ0v) is 12.9. The largest absolute Gasteiger partial charge is 0.390 e. The van der Waals surface area contributed by atoms with Crippen LogP contribution in [0.1, 0.15) is 71.1 Å². The molecule has 0 radical (unpaired) electrons. The first-order valence-corrected chi connectivity index (χ1v) is 8.66. The van der Waals surface area contributed by atoms with Crippen LogP contribution in [0, 0.1) is 5.92 Å². The highest BCUT2D eigenvalue weighted by molar-refractivity contribution is 5.00. The Morgan fingerprint density at radius 1 is 1.15 bits per heavy atom. The van der Waals surface area contributed by atoms with Gasteiger partial charge in [0, 0.05) is 13.2 Å². The third kappa shape index (κ3) is 2.65. The number of aliphatic hydroxyl groups excluding tert-OH is 1. The molecule has 1 N–H and O–H groups in total. The molecule has 3 rings (SSSR count). The molecular weight excluding hydrogens is 252 g/mol. The third-order valence-electron chi connectivity index (χ3n) is 5.91. The lowest BCUT2D eigenvalue weighted by Gasteiger charge is -2.45. The van der Waals surface area contributed by atoms with E-state index in [2.05, 4.69) is 6.92 Å². The Bertz CT molecular complexity index is 316. The molecule has 116 valence electrons. The predicted molar refractivity (Wildman–Crippen MR) is 78.7 cm³/mol. The number of ether oxygens (including phenoxy) is 2. The summed E-state index contributed by atoms with van der Waals surface area (Å²) in [7, 11) is 0. The van der Waals surface area contributed by atoms with Crippen LogP contribution < -0.4 is 0 Å². The second kappa shape index (κ2) is 5.94. The van der Waals surface area contributed by atoms with Crippen LogP contribution >= 0.6 is 0 Å². The average Bonchev–Trinajstić information content (AvgIpc) is 3.10. The molecular formula is C17H30O3. The molecule has 0 aromatic rings. The monoisotopic (exact) mass is 282 g/mol. The highest BCUT2D eigenvalue weighted by Gasteiger charge is 2.49. The first-order chi connectivity index (χ1) is 9.70. The quantitative estimate of drug-likeness (QED) is 0.858. The van der Waals surface area contributed by atoms with Gasteiger partial charge in [-0.2, -0.15) is 0 Å². The maximum atomic E-state index is 11.0. The summed E-state index contributed by atoms with van der Waals surface area (Å²) in [4.78, 5) is 0. The Labute approximate surface area is 123 Å². The number of hydrogen-bond acceptors (Lipinski definition) is 3. The van der Waals surface area contributed by atoms with Gasteiger partial charge in [-0.1, -0.05) is 25.7 Å². The van der Waals surface area contributed by atoms with Crippen molar-refractivity contribution in [1.82, 2.24) is 0 Å². The van der Waals surface area contributed by atoms with Crippen LogP contribution in [0.3, 0.4) is 0 Å². The SMILES string of the molecule is CCOC1(C(O)C2CCOC3(CCCC3)C2)CCCC1. The van der Waals surface area contributed by atoms with E-state index in [4.69, 9.17) is 9.47 Å². The highest BCUT2D eigenvalue weighted by Crippen LogP contribution is 2.47. The number of rotatable bonds is 4. The molecule has 3 nitrogen and oxygen atoms in total. The lowest BCUT2D eigenvalue weighted by molar-refractivity contribution is -0.171. The van der Waals surface area contributed by atoms with Crippen molar-refractivity contribution in [3.05, 3.63) is 0 Å². The third-order valence-corrected chi connectivity index (χ3v) is 5.91. The van der Waals surface area contributed by atoms with Gasteiger partial charge in [0.2, 0.25) is 0 Å². The zero-order chi connectivity index (χ0) is 14.1. The smallest absolute Gasteiger partial charge is 0.0942 e. The van der Waals surface area contributed by atoms with E-state index in [1.165, 1.54) is 38.5 Å². The first kappa shape index (κ1) is 14.8. The van der Waals surface area contributed by atoms with Gasteiger partial charge in [0.1, 0.15) is 0 Å². The first-order valence-electron chi connectivity index (χ1n) is 8.66. The lowest BCUT2D eigenvalue weighted by Crippen LogP contribution is -2.51. The van der Waals surface area contributed by atoms with E-state index in [1.807, 2.05) is 0 Å². The summed E-state index contributed by atoms with van der Waals surface area (Å²) in [6.07, 6.45) is 11.2. The molecule has 0 amide bonds. The van der Waals surface area contributed by atoms with Crippen molar-refractivity contribution in [2.45, 2.75) is 88.4 Å². The Balaban J connectivity index is 1.70. The van der Waals surface area contributed by atoms with Crippen molar-refractivity contribution in [3.8, 4) is 0 Å². The fraction of sp³-hybridized carbons (Fsp3) is 1.00. The zero-order valence-electron chi connectivity index (χ0n) is 12.9. The summed E-state index contributed by atoms with van der Waals surface area (Å²) in [5, 5.41) is 11.0. The second-order valence-electron chi connectivity index (χ2n) is 7.14. The topological polar surface area (TPSA) is 38.7 Å². The van der Waals surface area contributed by atoms with Gasteiger partial charge in [0.15, 0.2) is 0 Å². The van der Waals surface area contributed by atoms with Crippen molar-refractivity contribution in [3.63, 3.8) is 0 Å². The normalized spacial score (nSPS) is 33.6. The van der Waals surface area contributed by atoms with Gasteiger partial charge in [-0.15, -0.1) is 0 Å². The summed E-state index contributed by atoms with van der Waals surface area (Å²) in [6.45, 7) is 3.59. The summed E-state index contributed by atoms with van der Waals surface area (Å²) < 4.78 is 12.2. The van der Waals surface area contributed by atoms with E-state index < -0.39 is 0 Å².